The molecule has 0 atom stereocenters. The average Bonchev–Trinajstić information content (AvgIpc) is 2.80. The fourth-order valence-corrected chi connectivity index (χ4v) is 2.31. The Kier molecular flexibility index (Phi) is 4.54. The standard InChI is InChI=1S/C13H11ClN2O2S/c14-13-16-7-10(19-13)8-18-11-4-2-1-3-9(11)5-6-12(15)17/h1-7H,8H2,(H2,15,17)/b6-5+. The molecule has 0 unspecified atom stereocenters. The van der Waals surface area contributed by atoms with Gasteiger partial charge in [0.25, 0.3) is 0 Å². The van der Waals surface area contributed by atoms with Gasteiger partial charge >= 0.3 is 0 Å². The number of hydrogen-bond donors (Lipinski definition) is 1. The summed E-state index contributed by atoms with van der Waals surface area (Å²) >= 11 is 7.12. The van der Waals surface area contributed by atoms with Crippen molar-refractivity contribution in [2.45, 2.75) is 6.61 Å². The minimum atomic E-state index is -0.496. The van der Waals surface area contributed by atoms with E-state index in [-0.39, 0.29) is 0 Å². The van der Waals surface area contributed by atoms with Gasteiger partial charge in [-0.25, -0.2) is 4.98 Å². The lowest BCUT2D eigenvalue weighted by Crippen LogP contribution is -2.05. The number of nitrogens with two attached hydrogens (primary N) is 1. The van der Waals surface area contributed by atoms with Crippen molar-refractivity contribution in [2.24, 2.45) is 5.73 Å². The molecule has 2 aromatic rings. The molecule has 19 heavy (non-hydrogen) atoms. The summed E-state index contributed by atoms with van der Waals surface area (Å²) in [6.45, 7) is 0.381. The maximum absolute atomic E-state index is 10.7. The third kappa shape index (κ3) is 4.08. The molecule has 0 aliphatic rings. The molecule has 0 radical (unpaired) electrons. The van der Waals surface area contributed by atoms with E-state index in [2.05, 4.69) is 4.98 Å². The van der Waals surface area contributed by atoms with Crippen molar-refractivity contribution in [2.75, 3.05) is 0 Å². The number of benzene rings is 1. The van der Waals surface area contributed by atoms with Crippen LogP contribution in [0.25, 0.3) is 6.08 Å². The predicted octanol–water partition coefficient (Wildman–Crippen LogP) is 2.87. The van der Waals surface area contributed by atoms with Gasteiger partial charge in [0.2, 0.25) is 5.91 Å². The molecule has 4 nitrogen and oxygen atoms in total. The van der Waals surface area contributed by atoms with Gasteiger partial charge in [-0.1, -0.05) is 29.8 Å². The van der Waals surface area contributed by atoms with E-state index in [0.29, 0.717) is 16.8 Å². The molecule has 6 heteroatoms. The van der Waals surface area contributed by atoms with Gasteiger partial charge in [0.15, 0.2) is 4.47 Å². The normalized spacial score (nSPS) is 10.8. The lowest BCUT2D eigenvalue weighted by atomic mass is 10.2. The first-order valence-electron chi connectivity index (χ1n) is 5.44. The van der Waals surface area contributed by atoms with Gasteiger partial charge in [-0.3, -0.25) is 4.79 Å². The summed E-state index contributed by atoms with van der Waals surface area (Å²) in [5.41, 5.74) is 5.86. The minimum absolute atomic E-state index is 0.381. The van der Waals surface area contributed by atoms with Crippen LogP contribution in [-0.2, 0) is 11.4 Å². The highest BCUT2D eigenvalue weighted by atomic mass is 35.5. The quantitative estimate of drug-likeness (QED) is 0.862. The summed E-state index contributed by atoms with van der Waals surface area (Å²) in [4.78, 5) is 15.6. The maximum atomic E-state index is 10.7. The molecule has 1 aromatic carbocycles. The molecule has 0 aliphatic carbocycles. The van der Waals surface area contributed by atoms with Crippen LogP contribution in [0, 0.1) is 0 Å². The van der Waals surface area contributed by atoms with Crippen LogP contribution in [0.2, 0.25) is 4.47 Å². The maximum Gasteiger partial charge on any atom is 0.241 e. The van der Waals surface area contributed by atoms with Gasteiger partial charge in [-0.15, -0.1) is 11.3 Å². The van der Waals surface area contributed by atoms with Crippen LogP contribution in [0.4, 0.5) is 0 Å². The Morgan fingerprint density at radius 1 is 1.47 bits per heavy atom. The number of ether oxygens (including phenoxy) is 1. The minimum Gasteiger partial charge on any atom is -0.487 e. The molecule has 0 aliphatic heterocycles. The number of hydrogen-bond acceptors (Lipinski definition) is 4. The molecule has 0 saturated carbocycles. The van der Waals surface area contributed by atoms with Gasteiger partial charge in [0.1, 0.15) is 12.4 Å². The van der Waals surface area contributed by atoms with Gasteiger partial charge in [0.05, 0.1) is 4.88 Å². The Hall–Kier alpha value is -1.85. The number of rotatable bonds is 5. The van der Waals surface area contributed by atoms with Crippen molar-refractivity contribution < 1.29 is 9.53 Å². The smallest absolute Gasteiger partial charge is 0.241 e. The number of thiazole rings is 1. The van der Waals surface area contributed by atoms with Gasteiger partial charge in [-0.2, -0.15) is 0 Å². The number of nitrogens with zero attached hydrogens (tertiary/aromatic N) is 1. The van der Waals surface area contributed by atoms with E-state index < -0.39 is 5.91 Å². The number of primary amides is 1. The zero-order valence-corrected chi connectivity index (χ0v) is 11.4. The van der Waals surface area contributed by atoms with Crippen LogP contribution < -0.4 is 10.5 Å². The highest BCUT2D eigenvalue weighted by Gasteiger charge is 2.03. The number of para-hydroxylation sites is 1. The number of carbonyl (C=O) groups excluding carboxylic acids is 1. The monoisotopic (exact) mass is 294 g/mol. The number of carbonyl (C=O) groups is 1. The van der Waals surface area contributed by atoms with Crippen LogP contribution >= 0.6 is 22.9 Å². The fourth-order valence-electron chi connectivity index (χ4n) is 1.42. The van der Waals surface area contributed by atoms with Crippen molar-refractivity contribution in [3.05, 3.63) is 51.4 Å². The first-order valence-corrected chi connectivity index (χ1v) is 6.64. The molecule has 2 N–H and O–H groups in total. The Morgan fingerprint density at radius 3 is 2.95 bits per heavy atom. The van der Waals surface area contributed by atoms with Gasteiger partial charge in [0, 0.05) is 17.8 Å². The first-order chi connectivity index (χ1) is 9.15. The highest BCUT2D eigenvalue weighted by molar-refractivity contribution is 7.15. The first kappa shape index (κ1) is 13.6. The van der Waals surface area contributed by atoms with E-state index in [1.165, 1.54) is 17.4 Å². The van der Waals surface area contributed by atoms with Crippen molar-refractivity contribution in [1.82, 2.24) is 4.98 Å². The lowest BCUT2D eigenvalue weighted by Gasteiger charge is -2.07. The third-order valence-electron chi connectivity index (χ3n) is 2.24. The van der Waals surface area contributed by atoms with E-state index in [1.54, 1.807) is 12.3 Å². The average molecular weight is 295 g/mol. The molecule has 0 fully saturated rings. The van der Waals surface area contributed by atoms with E-state index >= 15 is 0 Å². The van der Waals surface area contributed by atoms with Crippen molar-refractivity contribution in [3.8, 4) is 5.75 Å². The van der Waals surface area contributed by atoms with Crippen molar-refractivity contribution in [3.63, 3.8) is 0 Å². The van der Waals surface area contributed by atoms with Gasteiger partial charge < -0.3 is 10.5 Å². The summed E-state index contributed by atoms with van der Waals surface area (Å²) in [7, 11) is 0. The van der Waals surface area contributed by atoms with Gasteiger partial charge in [-0.05, 0) is 12.1 Å². The molecule has 1 amide bonds. The molecule has 2 rings (SSSR count). The zero-order chi connectivity index (χ0) is 13.7. The molecule has 0 saturated heterocycles. The Bertz CT molecular complexity index is 610. The third-order valence-corrected chi connectivity index (χ3v) is 3.33. The van der Waals surface area contributed by atoms with Crippen LogP contribution in [0.15, 0.2) is 36.5 Å². The highest BCUT2D eigenvalue weighted by Crippen LogP contribution is 2.23. The topological polar surface area (TPSA) is 65.2 Å². The van der Waals surface area contributed by atoms with E-state index in [4.69, 9.17) is 22.1 Å². The molecule has 1 aromatic heterocycles. The number of aromatic nitrogens is 1. The predicted molar refractivity (Wildman–Crippen MR) is 76.1 cm³/mol. The molecule has 98 valence electrons. The van der Waals surface area contributed by atoms with Crippen LogP contribution in [0.5, 0.6) is 5.75 Å². The summed E-state index contributed by atoms with van der Waals surface area (Å²) in [5.74, 6) is 0.175. The second kappa shape index (κ2) is 6.36. The Balaban J connectivity index is 2.09. The van der Waals surface area contributed by atoms with E-state index in [0.717, 1.165) is 10.4 Å². The molecule has 0 bridgehead atoms. The summed E-state index contributed by atoms with van der Waals surface area (Å²) in [6, 6.07) is 7.38. The Labute approximate surface area is 119 Å². The Morgan fingerprint density at radius 2 is 2.26 bits per heavy atom. The van der Waals surface area contributed by atoms with E-state index in [1.807, 2.05) is 24.3 Å². The number of halogens is 1. The molecule has 0 spiro atoms. The second-order valence-electron chi connectivity index (χ2n) is 3.64. The van der Waals surface area contributed by atoms with Crippen molar-refractivity contribution in [1.29, 1.82) is 0 Å². The summed E-state index contributed by atoms with van der Waals surface area (Å²) in [6.07, 6.45) is 4.60. The molecular weight excluding hydrogens is 284 g/mol. The SMILES string of the molecule is NC(=O)/C=C/c1ccccc1OCc1cnc(Cl)s1. The van der Waals surface area contributed by atoms with Crippen molar-refractivity contribution >= 4 is 34.9 Å². The lowest BCUT2D eigenvalue weighted by molar-refractivity contribution is -0.113. The number of amides is 1. The summed E-state index contributed by atoms with van der Waals surface area (Å²) in [5, 5.41) is 0. The second-order valence-corrected chi connectivity index (χ2v) is 5.34. The zero-order valence-electron chi connectivity index (χ0n) is 9.88. The molecular formula is C13H11ClN2O2S. The largest absolute Gasteiger partial charge is 0.487 e. The van der Waals surface area contributed by atoms with E-state index in [9.17, 15) is 4.79 Å². The van der Waals surface area contributed by atoms with Crippen LogP contribution in [0.1, 0.15) is 10.4 Å². The molecule has 1 heterocycles. The summed E-state index contributed by atoms with van der Waals surface area (Å²) < 4.78 is 6.16. The fraction of sp³-hybridized carbons (Fsp3) is 0.0769. The van der Waals surface area contributed by atoms with Crippen LogP contribution in [0.3, 0.4) is 0 Å². The van der Waals surface area contributed by atoms with Crippen LogP contribution in [-0.4, -0.2) is 10.9 Å².